The quantitative estimate of drug-likeness (QED) is 0.896. The number of nitrogens with zero attached hydrogens (tertiary/aromatic N) is 1. The van der Waals surface area contributed by atoms with Crippen LogP contribution in [0.2, 0.25) is 0 Å². The number of aryl methyl sites for hydroxylation is 1. The molecule has 0 aromatic heterocycles. The summed E-state index contributed by atoms with van der Waals surface area (Å²) in [7, 11) is 3.86. The van der Waals surface area contributed by atoms with E-state index in [-0.39, 0.29) is 5.60 Å². The molecule has 1 aromatic carbocycles. The van der Waals surface area contributed by atoms with Crippen molar-refractivity contribution in [3.8, 4) is 0 Å². The first kappa shape index (κ1) is 15.3. The standard InChI is InChI=1S/C17H27NO2/c1-17(2,20-4)10-9-16(19)14-7-8-15-13(12-14)6-5-11-18(15)3/h7-8,12,16,19H,5-6,9-11H2,1-4H3. The van der Waals surface area contributed by atoms with E-state index in [0.717, 1.165) is 31.4 Å². The van der Waals surface area contributed by atoms with Gasteiger partial charge in [0.25, 0.3) is 0 Å². The van der Waals surface area contributed by atoms with Crippen LogP contribution in [0.15, 0.2) is 18.2 Å². The third-order valence-electron chi connectivity index (χ3n) is 4.41. The maximum absolute atomic E-state index is 10.4. The first-order valence-electron chi connectivity index (χ1n) is 7.50. The number of hydrogen-bond donors (Lipinski definition) is 1. The van der Waals surface area contributed by atoms with Crippen molar-refractivity contribution in [1.29, 1.82) is 0 Å². The summed E-state index contributed by atoms with van der Waals surface area (Å²) in [5, 5.41) is 10.4. The van der Waals surface area contributed by atoms with Gasteiger partial charge in [0, 0.05) is 26.4 Å². The number of anilines is 1. The minimum atomic E-state index is -0.401. The average molecular weight is 277 g/mol. The molecule has 2 rings (SSSR count). The smallest absolute Gasteiger partial charge is 0.0791 e. The Labute approximate surface area is 122 Å². The fraction of sp³-hybridized carbons (Fsp3) is 0.647. The zero-order valence-corrected chi connectivity index (χ0v) is 13.1. The van der Waals surface area contributed by atoms with E-state index in [2.05, 4.69) is 44.0 Å². The van der Waals surface area contributed by atoms with E-state index >= 15 is 0 Å². The van der Waals surface area contributed by atoms with Gasteiger partial charge in [0.1, 0.15) is 0 Å². The summed E-state index contributed by atoms with van der Waals surface area (Å²) < 4.78 is 5.41. The van der Waals surface area contributed by atoms with Gasteiger partial charge in [0.15, 0.2) is 0 Å². The van der Waals surface area contributed by atoms with Crippen LogP contribution < -0.4 is 4.90 Å². The molecule has 1 aliphatic heterocycles. The van der Waals surface area contributed by atoms with Gasteiger partial charge < -0.3 is 14.7 Å². The number of aliphatic hydroxyl groups excluding tert-OH is 1. The van der Waals surface area contributed by atoms with Crippen molar-refractivity contribution in [2.75, 3.05) is 25.6 Å². The van der Waals surface area contributed by atoms with Crippen molar-refractivity contribution in [3.05, 3.63) is 29.3 Å². The van der Waals surface area contributed by atoms with Crippen LogP contribution >= 0.6 is 0 Å². The minimum absolute atomic E-state index is 0.171. The number of methoxy groups -OCH3 is 1. The van der Waals surface area contributed by atoms with Crippen molar-refractivity contribution in [2.45, 2.75) is 51.2 Å². The summed E-state index contributed by atoms with van der Waals surface area (Å²) in [5.74, 6) is 0. The van der Waals surface area contributed by atoms with E-state index in [1.807, 2.05) is 0 Å². The number of ether oxygens (including phenoxy) is 1. The molecule has 1 atom stereocenters. The van der Waals surface area contributed by atoms with Crippen molar-refractivity contribution >= 4 is 5.69 Å². The van der Waals surface area contributed by atoms with Crippen LogP contribution in [0.4, 0.5) is 5.69 Å². The number of aliphatic hydroxyl groups is 1. The van der Waals surface area contributed by atoms with E-state index < -0.39 is 6.10 Å². The summed E-state index contributed by atoms with van der Waals surface area (Å²) in [5.41, 5.74) is 3.53. The monoisotopic (exact) mass is 277 g/mol. The second-order valence-corrected chi connectivity index (χ2v) is 6.43. The molecule has 112 valence electrons. The summed E-state index contributed by atoms with van der Waals surface area (Å²) >= 11 is 0. The molecule has 0 radical (unpaired) electrons. The highest BCUT2D eigenvalue weighted by Gasteiger charge is 2.20. The lowest BCUT2D eigenvalue weighted by Gasteiger charge is -2.29. The predicted octanol–water partition coefficient (Wildman–Crippen LogP) is 3.31. The molecule has 0 spiro atoms. The zero-order chi connectivity index (χ0) is 14.8. The molecule has 0 amide bonds. The van der Waals surface area contributed by atoms with Crippen LogP contribution in [0.5, 0.6) is 0 Å². The Hall–Kier alpha value is -1.06. The Bertz CT molecular complexity index is 456. The van der Waals surface area contributed by atoms with Gasteiger partial charge in [-0.2, -0.15) is 0 Å². The predicted molar refractivity (Wildman–Crippen MR) is 83.3 cm³/mol. The molecule has 1 aromatic rings. The third-order valence-corrected chi connectivity index (χ3v) is 4.41. The van der Waals surface area contributed by atoms with Gasteiger partial charge in [0.2, 0.25) is 0 Å². The summed E-state index contributed by atoms with van der Waals surface area (Å²) in [6.07, 6.45) is 3.49. The Morgan fingerprint density at radius 3 is 2.85 bits per heavy atom. The average Bonchev–Trinajstić information content (AvgIpc) is 2.45. The van der Waals surface area contributed by atoms with E-state index in [4.69, 9.17) is 4.74 Å². The van der Waals surface area contributed by atoms with Crippen molar-refractivity contribution in [2.24, 2.45) is 0 Å². The molecule has 0 fully saturated rings. The van der Waals surface area contributed by atoms with Crippen LogP contribution in [0.3, 0.4) is 0 Å². The number of rotatable bonds is 5. The fourth-order valence-electron chi connectivity index (χ4n) is 2.77. The van der Waals surface area contributed by atoms with Gasteiger partial charge in [0.05, 0.1) is 11.7 Å². The first-order chi connectivity index (χ1) is 9.43. The summed E-state index contributed by atoms with van der Waals surface area (Å²) in [6, 6.07) is 6.38. The molecule has 3 heteroatoms. The fourth-order valence-corrected chi connectivity index (χ4v) is 2.77. The molecule has 20 heavy (non-hydrogen) atoms. The largest absolute Gasteiger partial charge is 0.388 e. The molecular weight excluding hydrogens is 250 g/mol. The van der Waals surface area contributed by atoms with Crippen molar-refractivity contribution < 1.29 is 9.84 Å². The first-order valence-corrected chi connectivity index (χ1v) is 7.50. The number of hydrogen-bond acceptors (Lipinski definition) is 3. The van der Waals surface area contributed by atoms with Gasteiger partial charge in [-0.3, -0.25) is 0 Å². The lowest BCUT2D eigenvalue weighted by molar-refractivity contribution is 0.00278. The lowest BCUT2D eigenvalue weighted by Crippen LogP contribution is -2.25. The molecule has 0 saturated carbocycles. The van der Waals surface area contributed by atoms with Crippen LogP contribution in [-0.4, -0.2) is 31.4 Å². The molecule has 1 unspecified atom stereocenters. The maximum Gasteiger partial charge on any atom is 0.0791 e. The molecule has 3 nitrogen and oxygen atoms in total. The highest BCUT2D eigenvalue weighted by atomic mass is 16.5. The Morgan fingerprint density at radius 1 is 1.40 bits per heavy atom. The SMILES string of the molecule is COC(C)(C)CCC(O)c1ccc2c(c1)CCCN2C. The van der Waals surface area contributed by atoms with Gasteiger partial charge in [-0.1, -0.05) is 12.1 Å². The van der Waals surface area contributed by atoms with E-state index in [1.165, 1.54) is 17.7 Å². The molecule has 0 aliphatic carbocycles. The van der Waals surface area contributed by atoms with Crippen LogP contribution in [0, 0.1) is 0 Å². The lowest BCUT2D eigenvalue weighted by atomic mass is 9.93. The minimum Gasteiger partial charge on any atom is -0.388 e. The topological polar surface area (TPSA) is 32.7 Å². The Balaban J connectivity index is 2.06. The Kier molecular flexibility index (Phi) is 4.71. The second-order valence-electron chi connectivity index (χ2n) is 6.43. The molecule has 1 aliphatic rings. The Morgan fingerprint density at radius 2 is 2.15 bits per heavy atom. The number of benzene rings is 1. The van der Waals surface area contributed by atoms with E-state index in [1.54, 1.807) is 7.11 Å². The van der Waals surface area contributed by atoms with Crippen molar-refractivity contribution in [3.63, 3.8) is 0 Å². The summed E-state index contributed by atoms with van der Waals surface area (Å²) in [6.45, 7) is 5.24. The molecular formula is C17H27NO2. The van der Waals surface area contributed by atoms with Gasteiger partial charge in [-0.05, 0) is 56.7 Å². The maximum atomic E-state index is 10.4. The second kappa shape index (κ2) is 6.15. The highest BCUT2D eigenvalue weighted by Crippen LogP contribution is 2.31. The van der Waals surface area contributed by atoms with E-state index in [0.29, 0.717) is 0 Å². The van der Waals surface area contributed by atoms with Crippen LogP contribution in [-0.2, 0) is 11.2 Å². The molecule has 0 saturated heterocycles. The molecule has 1 N–H and O–H groups in total. The van der Waals surface area contributed by atoms with Gasteiger partial charge >= 0.3 is 0 Å². The summed E-state index contributed by atoms with van der Waals surface area (Å²) in [4.78, 5) is 2.29. The van der Waals surface area contributed by atoms with Crippen LogP contribution in [0.25, 0.3) is 0 Å². The van der Waals surface area contributed by atoms with Gasteiger partial charge in [-0.15, -0.1) is 0 Å². The van der Waals surface area contributed by atoms with Crippen molar-refractivity contribution in [1.82, 2.24) is 0 Å². The number of fused-ring (bicyclic) bond motifs is 1. The van der Waals surface area contributed by atoms with Crippen LogP contribution in [0.1, 0.15) is 50.3 Å². The zero-order valence-electron chi connectivity index (χ0n) is 13.1. The highest BCUT2D eigenvalue weighted by molar-refractivity contribution is 5.56. The van der Waals surface area contributed by atoms with E-state index in [9.17, 15) is 5.11 Å². The molecule has 0 bridgehead atoms. The molecule has 1 heterocycles. The van der Waals surface area contributed by atoms with Gasteiger partial charge in [-0.25, -0.2) is 0 Å². The normalized spacial score (nSPS) is 16.9. The third kappa shape index (κ3) is 3.53.